The fraction of sp³-hybridized carbons (Fsp3) is 0.462. The predicted octanol–water partition coefficient (Wildman–Crippen LogP) is 3.12. The average molecular weight is 259 g/mol. The first-order chi connectivity index (χ1) is 8.29. The minimum absolute atomic E-state index is 0.106. The van der Waals surface area contributed by atoms with Gasteiger partial charge in [0.2, 0.25) is 0 Å². The lowest BCUT2D eigenvalue weighted by molar-refractivity contribution is -0.137. The van der Waals surface area contributed by atoms with E-state index in [-0.39, 0.29) is 5.78 Å². The van der Waals surface area contributed by atoms with Crippen LogP contribution in [-0.4, -0.2) is 24.3 Å². The fourth-order valence-corrected chi connectivity index (χ4v) is 1.54. The largest absolute Gasteiger partial charge is 0.416 e. The van der Waals surface area contributed by atoms with Gasteiger partial charge in [0.05, 0.1) is 5.56 Å². The van der Waals surface area contributed by atoms with E-state index < -0.39 is 11.7 Å². The van der Waals surface area contributed by atoms with Crippen molar-refractivity contribution < 1.29 is 18.0 Å². The molecule has 1 rings (SSSR count). The number of benzene rings is 1. The number of nitrogens with zero attached hydrogens (tertiary/aromatic N) is 1. The number of Topliss-reactive ketones (excluding diaryl/α,β-unsaturated/α-hetero) is 1. The van der Waals surface area contributed by atoms with Crippen molar-refractivity contribution in [2.45, 2.75) is 26.1 Å². The van der Waals surface area contributed by atoms with E-state index in [1.165, 1.54) is 19.1 Å². The Kier molecular flexibility index (Phi) is 4.90. The molecule has 0 spiro atoms. The zero-order valence-corrected chi connectivity index (χ0v) is 10.4. The number of rotatable bonds is 5. The van der Waals surface area contributed by atoms with Gasteiger partial charge in [0.1, 0.15) is 5.78 Å². The lowest BCUT2D eigenvalue weighted by Gasteiger charge is -2.16. The standard InChI is InChI=1S/C13H16F3NO/c1-10(18)7-8-17(2)9-11-3-5-12(6-4-11)13(14,15)16/h3-6H,7-9H2,1-2H3. The second-order valence-corrected chi connectivity index (χ2v) is 4.38. The first-order valence-electron chi connectivity index (χ1n) is 5.63. The lowest BCUT2D eigenvalue weighted by atomic mass is 10.1. The van der Waals surface area contributed by atoms with E-state index in [0.717, 1.165) is 17.7 Å². The molecule has 0 atom stereocenters. The van der Waals surface area contributed by atoms with Gasteiger partial charge in [-0.3, -0.25) is 4.79 Å². The van der Waals surface area contributed by atoms with Crippen LogP contribution < -0.4 is 0 Å². The SMILES string of the molecule is CC(=O)CCN(C)Cc1ccc(C(F)(F)F)cc1. The van der Waals surface area contributed by atoms with Gasteiger partial charge in [-0.2, -0.15) is 13.2 Å². The van der Waals surface area contributed by atoms with Crippen molar-refractivity contribution in [1.29, 1.82) is 0 Å². The summed E-state index contributed by atoms with van der Waals surface area (Å²) in [5.74, 6) is 0.106. The third-order valence-corrected chi connectivity index (χ3v) is 2.58. The summed E-state index contributed by atoms with van der Waals surface area (Å²) in [4.78, 5) is 12.7. The van der Waals surface area contributed by atoms with Gasteiger partial charge in [-0.05, 0) is 31.7 Å². The Morgan fingerprint density at radius 1 is 1.22 bits per heavy atom. The molecule has 1 aromatic rings. The second-order valence-electron chi connectivity index (χ2n) is 4.38. The normalized spacial score (nSPS) is 11.9. The van der Waals surface area contributed by atoms with Gasteiger partial charge in [0.25, 0.3) is 0 Å². The number of ketones is 1. The van der Waals surface area contributed by atoms with Gasteiger partial charge >= 0.3 is 6.18 Å². The predicted molar refractivity (Wildman–Crippen MR) is 63.1 cm³/mol. The molecule has 18 heavy (non-hydrogen) atoms. The molecule has 0 N–H and O–H groups in total. The van der Waals surface area contributed by atoms with Crippen LogP contribution in [0.15, 0.2) is 24.3 Å². The van der Waals surface area contributed by atoms with E-state index in [0.29, 0.717) is 19.5 Å². The van der Waals surface area contributed by atoms with Crippen LogP contribution in [0.2, 0.25) is 0 Å². The van der Waals surface area contributed by atoms with E-state index in [2.05, 4.69) is 0 Å². The monoisotopic (exact) mass is 259 g/mol. The molecule has 0 aliphatic rings. The molecule has 5 heteroatoms. The molecule has 1 aromatic carbocycles. The van der Waals surface area contributed by atoms with Gasteiger partial charge in [-0.15, -0.1) is 0 Å². The van der Waals surface area contributed by atoms with Gasteiger partial charge in [0.15, 0.2) is 0 Å². The van der Waals surface area contributed by atoms with E-state index >= 15 is 0 Å². The highest BCUT2D eigenvalue weighted by Crippen LogP contribution is 2.29. The van der Waals surface area contributed by atoms with Crippen LogP contribution in [0, 0.1) is 0 Å². The quantitative estimate of drug-likeness (QED) is 0.809. The first kappa shape index (κ1) is 14.7. The van der Waals surface area contributed by atoms with E-state index in [4.69, 9.17) is 0 Å². The van der Waals surface area contributed by atoms with Gasteiger partial charge in [-0.25, -0.2) is 0 Å². The summed E-state index contributed by atoms with van der Waals surface area (Å²) in [7, 11) is 1.83. The van der Waals surface area contributed by atoms with Crippen molar-refractivity contribution in [3.05, 3.63) is 35.4 Å². The molecule has 0 aromatic heterocycles. The Morgan fingerprint density at radius 3 is 2.22 bits per heavy atom. The molecule has 2 nitrogen and oxygen atoms in total. The van der Waals surface area contributed by atoms with Crippen molar-refractivity contribution >= 4 is 5.78 Å². The van der Waals surface area contributed by atoms with Crippen LogP contribution >= 0.6 is 0 Å². The zero-order valence-electron chi connectivity index (χ0n) is 10.4. The minimum atomic E-state index is -4.29. The summed E-state index contributed by atoms with van der Waals surface area (Å²) >= 11 is 0. The van der Waals surface area contributed by atoms with E-state index in [1.807, 2.05) is 11.9 Å². The lowest BCUT2D eigenvalue weighted by Crippen LogP contribution is -2.20. The molecule has 0 bridgehead atoms. The molecular formula is C13H16F3NO. The molecule has 0 fully saturated rings. The average Bonchev–Trinajstić information content (AvgIpc) is 2.26. The van der Waals surface area contributed by atoms with Crippen molar-refractivity contribution in [3.8, 4) is 0 Å². The molecule has 100 valence electrons. The van der Waals surface area contributed by atoms with E-state index in [1.54, 1.807) is 0 Å². The van der Waals surface area contributed by atoms with Crippen LogP contribution in [-0.2, 0) is 17.5 Å². The third kappa shape index (κ3) is 4.87. The van der Waals surface area contributed by atoms with Crippen LogP contribution in [0.4, 0.5) is 13.2 Å². The summed E-state index contributed by atoms with van der Waals surface area (Å²) in [6.45, 7) is 2.66. The maximum absolute atomic E-state index is 12.3. The number of hydrogen-bond donors (Lipinski definition) is 0. The van der Waals surface area contributed by atoms with Crippen molar-refractivity contribution in [2.75, 3.05) is 13.6 Å². The van der Waals surface area contributed by atoms with Crippen molar-refractivity contribution in [3.63, 3.8) is 0 Å². The van der Waals surface area contributed by atoms with E-state index in [9.17, 15) is 18.0 Å². The summed E-state index contributed by atoms with van der Waals surface area (Å²) in [6, 6.07) is 5.09. The Hall–Kier alpha value is -1.36. The Bertz CT molecular complexity index is 398. The maximum atomic E-state index is 12.3. The van der Waals surface area contributed by atoms with Crippen molar-refractivity contribution in [2.24, 2.45) is 0 Å². The molecule has 0 aliphatic heterocycles. The second kappa shape index (κ2) is 6.00. The molecule has 0 amide bonds. The summed E-state index contributed by atoms with van der Waals surface area (Å²) in [5, 5.41) is 0. The van der Waals surface area contributed by atoms with Crippen molar-refractivity contribution in [1.82, 2.24) is 4.90 Å². The number of carbonyl (C=O) groups is 1. The first-order valence-corrected chi connectivity index (χ1v) is 5.63. The highest BCUT2D eigenvalue weighted by atomic mass is 19.4. The maximum Gasteiger partial charge on any atom is 0.416 e. The van der Waals surface area contributed by atoms with Crippen LogP contribution in [0.5, 0.6) is 0 Å². The number of alkyl halides is 3. The van der Waals surface area contributed by atoms with Crippen LogP contribution in [0.1, 0.15) is 24.5 Å². The number of hydrogen-bond acceptors (Lipinski definition) is 2. The molecule has 0 heterocycles. The highest BCUT2D eigenvalue weighted by molar-refractivity contribution is 5.75. The highest BCUT2D eigenvalue weighted by Gasteiger charge is 2.29. The molecule has 0 saturated heterocycles. The number of halogens is 3. The number of carbonyl (C=O) groups excluding carboxylic acids is 1. The molecule has 0 aliphatic carbocycles. The zero-order chi connectivity index (χ0) is 13.8. The van der Waals surface area contributed by atoms with Crippen LogP contribution in [0.25, 0.3) is 0 Å². The molecule has 0 saturated carbocycles. The third-order valence-electron chi connectivity index (χ3n) is 2.58. The Morgan fingerprint density at radius 2 is 1.78 bits per heavy atom. The Balaban J connectivity index is 2.56. The van der Waals surface area contributed by atoms with Gasteiger partial charge < -0.3 is 4.90 Å². The summed E-state index contributed by atoms with van der Waals surface area (Å²) in [5.41, 5.74) is 0.159. The van der Waals surface area contributed by atoms with Crippen LogP contribution in [0.3, 0.4) is 0 Å². The molecular weight excluding hydrogens is 243 g/mol. The smallest absolute Gasteiger partial charge is 0.302 e. The van der Waals surface area contributed by atoms with Gasteiger partial charge in [-0.1, -0.05) is 12.1 Å². The minimum Gasteiger partial charge on any atom is -0.302 e. The summed E-state index contributed by atoms with van der Waals surface area (Å²) < 4.78 is 37.0. The Labute approximate surface area is 104 Å². The van der Waals surface area contributed by atoms with Gasteiger partial charge in [0, 0.05) is 19.5 Å². The topological polar surface area (TPSA) is 20.3 Å². The molecule has 0 radical (unpaired) electrons. The molecule has 0 unspecified atom stereocenters. The summed E-state index contributed by atoms with van der Waals surface area (Å²) in [6.07, 6.45) is -3.84. The fourth-order valence-electron chi connectivity index (χ4n) is 1.54.